The molecule has 0 saturated carbocycles. The van der Waals surface area contributed by atoms with E-state index < -0.39 is 41.4 Å². The van der Waals surface area contributed by atoms with E-state index in [1.165, 1.54) is 18.2 Å². The third-order valence-corrected chi connectivity index (χ3v) is 5.99. The van der Waals surface area contributed by atoms with E-state index in [1.54, 1.807) is 30.3 Å². The van der Waals surface area contributed by atoms with Crippen LogP contribution in [0.1, 0.15) is 45.2 Å². The molecule has 0 aliphatic heterocycles. The number of nitrogens with one attached hydrogen (secondary N) is 2. The second kappa shape index (κ2) is 11.7. The Labute approximate surface area is 226 Å². The summed E-state index contributed by atoms with van der Waals surface area (Å²) < 4.78 is 41.5. The number of benzene rings is 3. The molecule has 0 aliphatic rings. The first-order valence-electron chi connectivity index (χ1n) is 12.0. The highest BCUT2D eigenvalue weighted by molar-refractivity contribution is 6.03. The number of amides is 3. The van der Waals surface area contributed by atoms with Gasteiger partial charge in [0.25, 0.3) is 5.91 Å². The fraction of sp³-hybridized carbons (Fsp3) is 0.143. The SMILES string of the molecule is NC(=O)CC(c1ccccc1)c1cccc(NC(=O)c2cc(C(F)(F)F)nn2-c2cccc(CNC(=O)O)c2)c1. The molecule has 4 rings (SSSR count). The Morgan fingerprint density at radius 1 is 0.925 bits per heavy atom. The molecule has 1 heterocycles. The molecule has 206 valence electrons. The van der Waals surface area contributed by atoms with Crippen molar-refractivity contribution < 1.29 is 32.7 Å². The summed E-state index contributed by atoms with van der Waals surface area (Å²) in [6.07, 6.45) is -6.08. The van der Waals surface area contributed by atoms with Gasteiger partial charge in [0.1, 0.15) is 5.69 Å². The molecular formula is C28H24F3N5O4. The number of primary amides is 1. The predicted molar refractivity (Wildman–Crippen MR) is 140 cm³/mol. The van der Waals surface area contributed by atoms with E-state index in [0.717, 1.165) is 10.2 Å². The Morgan fingerprint density at radius 2 is 1.62 bits per heavy atom. The average Bonchev–Trinajstić information content (AvgIpc) is 3.38. The predicted octanol–water partition coefficient (Wildman–Crippen LogP) is 4.92. The topological polar surface area (TPSA) is 139 Å². The average molecular weight is 552 g/mol. The van der Waals surface area contributed by atoms with Crippen LogP contribution in [0.15, 0.2) is 84.9 Å². The molecule has 1 aromatic heterocycles. The van der Waals surface area contributed by atoms with Gasteiger partial charge in [-0.25, -0.2) is 9.48 Å². The van der Waals surface area contributed by atoms with Crippen LogP contribution >= 0.6 is 0 Å². The van der Waals surface area contributed by atoms with Crippen molar-refractivity contribution in [1.29, 1.82) is 0 Å². The molecule has 3 amide bonds. The number of hydrogen-bond acceptors (Lipinski definition) is 4. The van der Waals surface area contributed by atoms with Crippen LogP contribution in [0.3, 0.4) is 0 Å². The molecule has 4 aromatic rings. The molecule has 9 nitrogen and oxygen atoms in total. The number of hydrogen-bond donors (Lipinski definition) is 4. The van der Waals surface area contributed by atoms with Gasteiger partial charge in [-0.15, -0.1) is 0 Å². The zero-order chi connectivity index (χ0) is 28.9. The lowest BCUT2D eigenvalue weighted by Crippen LogP contribution is -2.20. The first-order chi connectivity index (χ1) is 19.0. The zero-order valence-electron chi connectivity index (χ0n) is 20.9. The number of alkyl halides is 3. The van der Waals surface area contributed by atoms with Crippen LogP contribution in [-0.4, -0.2) is 32.8 Å². The van der Waals surface area contributed by atoms with E-state index in [-0.39, 0.29) is 24.3 Å². The highest BCUT2D eigenvalue weighted by Crippen LogP contribution is 2.31. The lowest BCUT2D eigenvalue weighted by Gasteiger charge is -2.18. The minimum atomic E-state index is -4.82. The van der Waals surface area contributed by atoms with Crippen LogP contribution in [0.25, 0.3) is 5.69 Å². The summed E-state index contributed by atoms with van der Waals surface area (Å²) in [5.41, 5.74) is 6.17. The molecule has 5 N–H and O–H groups in total. The van der Waals surface area contributed by atoms with Crippen molar-refractivity contribution in [2.24, 2.45) is 5.73 Å². The zero-order valence-corrected chi connectivity index (χ0v) is 20.9. The molecule has 0 saturated heterocycles. The number of nitrogens with two attached hydrogens (primary N) is 1. The Balaban J connectivity index is 1.67. The second-order valence-corrected chi connectivity index (χ2v) is 8.87. The van der Waals surface area contributed by atoms with Gasteiger partial charge in [-0.3, -0.25) is 9.59 Å². The molecule has 1 unspecified atom stereocenters. The fourth-order valence-corrected chi connectivity index (χ4v) is 4.20. The van der Waals surface area contributed by atoms with Gasteiger partial charge >= 0.3 is 12.3 Å². The molecule has 1 atom stereocenters. The number of rotatable bonds is 9. The minimum Gasteiger partial charge on any atom is -0.465 e. The number of halogens is 3. The van der Waals surface area contributed by atoms with Crippen LogP contribution < -0.4 is 16.4 Å². The first-order valence-corrected chi connectivity index (χ1v) is 12.0. The summed E-state index contributed by atoms with van der Waals surface area (Å²) in [7, 11) is 0. The van der Waals surface area contributed by atoms with Gasteiger partial charge in [0.2, 0.25) is 5.91 Å². The number of carboxylic acid groups (broad SMARTS) is 1. The van der Waals surface area contributed by atoms with Crippen LogP contribution in [0, 0.1) is 0 Å². The molecule has 0 bridgehead atoms. The highest BCUT2D eigenvalue weighted by Gasteiger charge is 2.36. The quantitative estimate of drug-likeness (QED) is 0.234. The summed E-state index contributed by atoms with van der Waals surface area (Å²) in [5, 5.41) is 17.2. The number of carbonyl (C=O) groups excluding carboxylic acids is 2. The molecular weight excluding hydrogens is 527 g/mol. The van der Waals surface area contributed by atoms with E-state index in [4.69, 9.17) is 10.8 Å². The third-order valence-electron chi connectivity index (χ3n) is 5.99. The van der Waals surface area contributed by atoms with Crippen molar-refractivity contribution in [1.82, 2.24) is 15.1 Å². The van der Waals surface area contributed by atoms with E-state index in [1.807, 2.05) is 30.3 Å². The van der Waals surface area contributed by atoms with Gasteiger partial charge in [0.05, 0.1) is 5.69 Å². The molecule has 0 fully saturated rings. The molecule has 0 spiro atoms. The van der Waals surface area contributed by atoms with E-state index in [2.05, 4.69) is 15.7 Å². The van der Waals surface area contributed by atoms with E-state index >= 15 is 0 Å². The van der Waals surface area contributed by atoms with Gasteiger partial charge in [0.15, 0.2) is 5.69 Å². The van der Waals surface area contributed by atoms with Gasteiger partial charge in [-0.05, 0) is 41.0 Å². The van der Waals surface area contributed by atoms with Crippen LogP contribution in [0.2, 0.25) is 0 Å². The maximum Gasteiger partial charge on any atom is 0.435 e. The molecule has 0 radical (unpaired) electrons. The molecule has 3 aromatic carbocycles. The van der Waals surface area contributed by atoms with Crippen molar-refractivity contribution in [3.05, 3.63) is 113 Å². The van der Waals surface area contributed by atoms with Gasteiger partial charge < -0.3 is 21.5 Å². The summed E-state index contributed by atoms with van der Waals surface area (Å²) >= 11 is 0. The van der Waals surface area contributed by atoms with Crippen LogP contribution in [0.5, 0.6) is 0 Å². The Bertz CT molecular complexity index is 1540. The largest absolute Gasteiger partial charge is 0.465 e. The summed E-state index contributed by atoms with van der Waals surface area (Å²) in [6, 6.07) is 22.4. The minimum absolute atomic E-state index is 0.0101. The van der Waals surface area contributed by atoms with Crippen molar-refractivity contribution in [2.75, 3.05) is 5.32 Å². The smallest absolute Gasteiger partial charge is 0.435 e. The number of carbonyl (C=O) groups is 3. The molecule has 0 aliphatic carbocycles. The number of aromatic nitrogens is 2. The molecule has 40 heavy (non-hydrogen) atoms. The van der Waals surface area contributed by atoms with Gasteiger partial charge in [0, 0.05) is 30.6 Å². The number of nitrogens with zero attached hydrogens (tertiary/aromatic N) is 2. The summed E-state index contributed by atoms with van der Waals surface area (Å²) in [5.74, 6) is -1.78. The lowest BCUT2D eigenvalue weighted by atomic mass is 9.88. The normalized spacial score (nSPS) is 12.0. The Morgan fingerprint density at radius 3 is 2.30 bits per heavy atom. The Kier molecular flexibility index (Phi) is 8.18. The lowest BCUT2D eigenvalue weighted by molar-refractivity contribution is -0.141. The highest BCUT2D eigenvalue weighted by atomic mass is 19.4. The van der Waals surface area contributed by atoms with Crippen molar-refractivity contribution in [2.45, 2.75) is 25.1 Å². The van der Waals surface area contributed by atoms with E-state index in [0.29, 0.717) is 17.2 Å². The second-order valence-electron chi connectivity index (χ2n) is 8.87. The van der Waals surface area contributed by atoms with Gasteiger partial charge in [-0.1, -0.05) is 54.6 Å². The summed E-state index contributed by atoms with van der Waals surface area (Å²) in [6.45, 7) is -0.0984. The maximum atomic E-state index is 13.6. The van der Waals surface area contributed by atoms with Gasteiger partial charge in [-0.2, -0.15) is 18.3 Å². The fourth-order valence-electron chi connectivity index (χ4n) is 4.20. The first kappa shape index (κ1) is 27.9. The van der Waals surface area contributed by atoms with E-state index in [9.17, 15) is 27.6 Å². The molecule has 12 heteroatoms. The third kappa shape index (κ3) is 6.84. The Hall–Kier alpha value is -5.13. The summed E-state index contributed by atoms with van der Waals surface area (Å²) in [4.78, 5) is 35.9. The number of anilines is 1. The van der Waals surface area contributed by atoms with Crippen molar-refractivity contribution in [3.63, 3.8) is 0 Å². The van der Waals surface area contributed by atoms with Crippen LogP contribution in [0.4, 0.5) is 23.7 Å². The maximum absolute atomic E-state index is 13.6. The monoisotopic (exact) mass is 551 g/mol. The van der Waals surface area contributed by atoms with Crippen molar-refractivity contribution >= 4 is 23.6 Å². The standard InChI is InChI=1S/C28H24F3N5O4/c29-28(30,31)24-15-23(36(35-24)21-11-4-6-17(12-21)16-33-27(39)40)26(38)34-20-10-5-9-19(13-20)22(14-25(32)37)18-7-2-1-3-8-18/h1-13,15,22,33H,14,16H2,(H2,32,37)(H,34,38)(H,39,40). The van der Waals surface area contributed by atoms with Crippen LogP contribution in [-0.2, 0) is 17.5 Å². The van der Waals surface area contributed by atoms with Crippen molar-refractivity contribution in [3.8, 4) is 5.69 Å².